The summed E-state index contributed by atoms with van der Waals surface area (Å²) in [6, 6.07) is 10.8. The van der Waals surface area contributed by atoms with Gasteiger partial charge in [-0.05, 0) is 24.5 Å². The number of fused-ring (bicyclic) bond motifs is 1. The second-order valence-electron chi connectivity index (χ2n) is 5.46. The zero-order chi connectivity index (χ0) is 13.9. The van der Waals surface area contributed by atoms with Gasteiger partial charge >= 0.3 is 0 Å². The Morgan fingerprint density at radius 1 is 1.38 bits per heavy atom. The molecule has 114 valence electrons. The second-order valence-corrected chi connectivity index (χ2v) is 5.46. The maximum Gasteiger partial charge on any atom is 0.191 e. The number of furan rings is 1. The van der Waals surface area contributed by atoms with E-state index in [0.29, 0.717) is 6.04 Å². The van der Waals surface area contributed by atoms with Crippen LogP contribution in [0.1, 0.15) is 19.1 Å². The van der Waals surface area contributed by atoms with Crippen molar-refractivity contribution in [1.82, 2.24) is 10.6 Å². The smallest absolute Gasteiger partial charge is 0.191 e. The van der Waals surface area contributed by atoms with Gasteiger partial charge in [0.2, 0.25) is 0 Å². The minimum Gasteiger partial charge on any atom is -0.461 e. The first-order valence-corrected chi connectivity index (χ1v) is 7.21. The Kier molecular flexibility index (Phi) is 5.50. The fraction of sp³-hybridized carbons (Fsp3) is 0.438. The SMILES string of the molecule is CN=C(NCCc1cc2ccccc2o1)NC1CC1C.I. The minimum absolute atomic E-state index is 0. The summed E-state index contributed by atoms with van der Waals surface area (Å²) < 4.78 is 5.79. The zero-order valence-corrected chi connectivity index (χ0v) is 14.8. The number of benzene rings is 1. The quantitative estimate of drug-likeness (QED) is 0.472. The number of nitrogens with zero attached hydrogens (tertiary/aromatic N) is 1. The number of para-hydroxylation sites is 1. The number of hydrogen-bond acceptors (Lipinski definition) is 2. The molecule has 2 atom stereocenters. The molecule has 0 bridgehead atoms. The molecule has 4 nitrogen and oxygen atoms in total. The van der Waals surface area contributed by atoms with Crippen molar-refractivity contribution in [2.75, 3.05) is 13.6 Å². The maximum absolute atomic E-state index is 5.79. The maximum atomic E-state index is 5.79. The van der Waals surface area contributed by atoms with Crippen molar-refractivity contribution < 1.29 is 4.42 Å². The lowest BCUT2D eigenvalue weighted by molar-refractivity contribution is 0.544. The first-order chi connectivity index (χ1) is 9.76. The molecule has 1 saturated carbocycles. The van der Waals surface area contributed by atoms with Crippen LogP contribution in [0.25, 0.3) is 11.0 Å². The molecule has 0 aliphatic heterocycles. The van der Waals surface area contributed by atoms with Gasteiger partial charge in [-0.15, -0.1) is 24.0 Å². The summed E-state index contributed by atoms with van der Waals surface area (Å²) in [6.07, 6.45) is 2.10. The predicted molar refractivity (Wildman–Crippen MR) is 97.4 cm³/mol. The van der Waals surface area contributed by atoms with E-state index in [0.717, 1.165) is 41.6 Å². The highest BCUT2D eigenvalue weighted by molar-refractivity contribution is 14.0. The van der Waals surface area contributed by atoms with E-state index in [9.17, 15) is 0 Å². The Morgan fingerprint density at radius 2 is 2.14 bits per heavy atom. The Labute approximate surface area is 142 Å². The van der Waals surface area contributed by atoms with Gasteiger partial charge in [0.05, 0.1) is 0 Å². The van der Waals surface area contributed by atoms with Gasteiger partial charge in [-0.2, -0.15) is 0 Å². The van der Waals surface area contributed by atoms with Crippen LogP contribution in [0.15, 0.2) is 39.7 Å². The molecule has 3 rings (SSSR count). The molecule has 1 aliphatic carbocycles. The largest absolute Gasteiger partial charge is 0.461 e. The summed E-state index contributed by atoms with van der Waals surface area (Å²) in [7, 11) is 1.81. The van der Waals surface area contributed by atoms with Crippen molar-refractivity contribution >= 4 is 40.9 Å². The molecule has 1 aromatic heterocycles. The zero-order valence-electron chi connectivity index (χ0n) is 12.4. The van der Waals surface area contributed by atoms with Crippen LogP contribution < -0.4 is 10.6 Å². The standard InChI is InChI=1S/C16H21N3O.HI/c1-11-9-14(11)19-16(17-2)18-8-7-13-10-12-5-3-4-6-15(12)20-13;/h3-6,10-11,14H,7-9H2,1-2H3,(H2,17,18,19);1H. The summed E-state index contributed by atoms with van der Waals surface area (Å²) in [5.41, 5.74) is 0.955. The third kappa shape index (κ3) is 4.12. The highest BCUT2D eigenvalue weighted by atomic mass is 127. The lowest BCUT2D eigenvalue weighted by Crippen LogP contribution is -2.39. The van der Waals surface area contributed by atoms with Crippen molar-refractivity contribution in [3.8, 4) is 0 Å². The van der Waals surface area contributed by atoms with E-state index < -0.39 is 0 Å². The van der Waals surface area contributed by atoms with Crippen molar-refractivity contribution in [3.63, 3.8) is 0 Å². The topological polar surface area (TPSA) is 49.6 Å². The number of aliphatic imine (C=N–C) groups is 1. The average Bonchev–Trinajstić information content (AvgIpc) is 3.00. The number of rotatable bonds is 4. The van der Waals surface area contributed by atoms with Gasteiger partial charge < -0.3 is 15.1 Å². The van der Waals surface area contributed by atoms with E-state index in [2.05, 4.69) is 34.7 Å². The molecule has 2 N–H and O–H groups in total. The van der Waals surface area contributed by atoms with Crippen LogP contribution in [0.3, 0.4) is 0 Å². The van der Waals surface area contributed by atoms with E-state index in [4.69, 9.17) is 4.42 Å². The van der Waals surface area contributed by atoms with E-state index in [1.807, 2.05) is 25.2 Å². The van der Waals surface area contributed by atoms with Gasteiger partial charge in [-0.25, -0.2) is 0 Å². The van der Waals surface area contributed by atoms with Crippen LogP contribution in [0.4, 0.5) is 0 Å². The number of hydrogen-bond donors (Lipinski definition) is 2. The average molecular weight is 399 g/mol. The monoisotopic (exact) mass is 399 g/mol. The van der Waals surface area contributed by atoms with Crippen molar-refractivity contribution in [2.24, 2.45) is 10.9 Å². The van der Waals surface area contributed by atoms with Gasteiger partial charge in [-0.3, -0.25) is 4.99 Å². The molecular formula is C16H22IN3O. The number of guanidine groups is 1. The van der Waals surface area contributed by atoms with Crippen LogP contribution in [0, 0.1) is 5.92 Å². The fourth-order valence-electron chi connectivity index (χ4n) is 2.36. The molecule has 0 spiro atoms. The summed E-state index contributed by atoms with van der Waals surface area (Å²) in [5.74, 6) is 2.66. The summed E-state index contributed by atoms with van der Waals surface area (Å²) in [4.78, 5) is 4.24. The number of nitrogens with one attached hydrogen (secondary N) is 2. The third-order valence-electron chi connectivity index (χ3n) is 3.80. The lowest BCUT2D eigenvalue weighted by Gasteiger charge is -2.10. The summed E-state index contributed by atoms with van der Waals surface area (Å²) in [5, 5.41) is 7.91. The fourth-order valence-corrected chi connectivity index (χ4v) is 2.36. The number of halogens is 1. The molecule has 0 saturated heterocycles. The second kappa shape index (κ2) is 7.15. The predicted octanol–water partition coefficient (Wildman–Crippen LogP) is 3.17. The van der Waals surface area contributed by atoms with Gasteiger partial charge in [-0.1, -0.05) is 25.1 Å². The molecule has 5 heteroatoms. The van der Waals surface area contributed by atoms with E-state index >= 15 is 0 Å². The Hall–Kier alpha value is -1.24. The van der Waals surface area contributed by atoms with E-state index in [1.54, 1.807) is 0 Å². The summed E-state index contributed by atoms with van der Waals surface area (Å²) >= 11 is 0. The first-order valence-electron chi connectivity index (χ1n) is 7.21. The molecule has 2 aromatic rings. The van der Waals surface area contributed by atoms with Gasteiger partial charge in [0.25, 0.3) is 0 Å². The highest BCUT2D eigenvalue weighted by Crippen LogP contribution is 2.28. The van der Waals surface area contributed by atoms with E-state index in [-0.39, 0.29) is 24.0 Å². The van der Waals surface area contributed by atoms with Crippen LogP contribution in [0.5, 0.6) is 0 Å². The molecule has 1 fully saturated rings. The molecule has 1 heterocycles. The summed E-state index contributed by atoms with van der Waals surface area (Å²) in [6.45, 7) is 3.07. The van der Waals surface area contributed by atoms with Crippen LogP contribution >= 0.6 is 24.0 Å². The Bertz CT molecular complexity index is 590. The lowest BCUT2D eigenvalue weighted by atomic mass is 10.2. The van der Waals surface area contributed by atoms with Gasteiger partial charge in [0.15, 0.2) is 5.96 Å². The normalized spacial score (nSPS) is 21.0. The minimum atomic E-state index is 0. The molecule has 1 aromatic carbocycles. The molecule has 1 aliphatic rings. The third-order valence-corrected chi connectivity index (χ3v) is 3.80. The van der Waals surface area contributed by atoms with E-state index in [1.165, 1.54) is 6.42 Å². The Morgan fingerprint density at radius 3 is 2.81 bits per heavy atom. The van der Waals surface area contributed by atoms with Crippen LogP contribution in [-0.4, -0.2) is 25.6 Å². The van der Waals surface area contributed by atoms with Crippen LogP contribution in [-0.2, 0) is 6.42 Å². The van der Waals surface area contributed by atoms with Crippen LogP contribution in [0.2, 0.25) is 0 Å². The highest BCUT2D eigenvalue weighted by Gasteiger charge is 2.33. The van der Waals surface area contributed by atoms with Crippen molar-refractivity contribution in [3.05, 3.63) is 36.1 Å². The molecular weight excluding hydrogens is 377 g/mol. The molecule has 0 radical (unpaired) electrons. The van der Waals surface area contributed by atoms with Gasteiger partial charge in [0.1, 0.15) is 11.3 Å². The van der Waals surface area contributed by atoms with Crippen molar-refractivity contribution in [1.29, 1.82) is 0 Å². The molecule has 2 unspecified atom stereocenters. The molecule has 21 heavy (non-hydrogen) atoms. The first kappa shape index (κ1) is 16.1. The Balaban J connectivity index is 0.00000161. The molecule has 0 amide bonds. The van der Waals surface area contributed by atoms with Crippen molar-refractivity contribution in [2.45, 2.75) is 25.8 Å². The van der Waals surface area contributed by atoms with Gasteiger partial charge in [0, 0.05) is 31.4 Å².